The van der Waals surface area contributed by atoms with E-state index in [-0.39, 0.29) is 23.5 Å². The lowest BCUT2D eigenvalue weighted by Gasteiger charge is -2.31. The molecule has 1 aliphatic rings. The second kappa shape index (κ2) is 8.20. The van der Waals surface area contributed by atoms with Gasteiger partial charge in [-0.25, -0.2) is 4.39 Å². The van der Waals surface area contributed by atoms with Crippen molar-refractivity contribution < 1.29 is 14.0 Å². The van der Waals surface area contributed by atoms with Crippen molar-refractivity contribution in [3.05, 3.63) is 59.9 Å². The van der Waals surface area contributed by atoms with Crippen molar-refractivity contribution in [2.75, 3.05) is 37.4 Å². The minimum atomic E-state index is -0.361. The third kappa shape index (κ3) is 4.64. The van der Waals surface area contributed by atoms with E-state index >= 15 is 0 Å². The van der Waals surface area contributed by atoms with E-state index in [0.29, 0.717) is 31.5 Å². The Bertz CT molecular complexity index is 795. The maximum absolute atomic E-state index is 13.0. The summed E-state index contributed by atoms with van der Waals surface area (Å²) in [5.41, 5.74) is 2.32. The van der Waals surface area contributed by atoms with Gasteiger partial charge in [-0.1, -0.05) is 0 Å². The number of hydrogen-bond acceptors (Lipinski definition) is 3. The van der Waals surface area contributed by atoms with Gasteiger partial charge in [0.1, 0.15) is 5.82 Å². The van der Waals surface area contributed by atoms with Crippen LogP contribution in [0.4, 0.5) is 15.8 Å². The van der Waals surface area contributed by atoms with Gasteiger partial charge in [-0.05, 0) is 61.4 Å². The van der Waals surface area contributed by atoms with Gasteiger partial charge in [0.15, 0.2) is 0 Å². The van der Waals surface area contributed by atoms with Crippen molar-refractivity contribution in [1.82, 2.24) is 4.90 Å². The molecule has 2 aromatic carbocycles. The average Bonchev–Trinajstić information content (AvgIpc) is 2.68. The van der Waals surface area contributed by atoms with Crippen LogP contribution in [0.2, 0.25) is 0 Å². The minimum absolute atomic E-state index is 0.0125. The van der Waals surface area contributed by atoms with Gasteiger partial charge in [-0.3, -0.25) is 9.59 Å². The molecule has 0 radical (unpaired) electrons. The summed E-state index contributed by atoms with van der Waals surface area (Å²) in [5.74, 6) is -0.606. The van der Waals surface area contributed by atoms with Gasteiger partial charge in [0.2, 0.25) is 5.91 Å². The Morgan fingerprint density at radius 3 is 2.15 bits per heavy atom. The fraction of sp³-hybridized carbons (Fsp3) is 0.333. The smallest absolute Gasteiger partial charge is 0.253 e. The van der Waals surface area contributed by atoms with Crippen molar-refractivity contribution in [1.29, 1.82) is 0 Å². The van der Waals surface area contributed by atoms with Crippen LogP contribution in [0.3, 0.4) is 0 Å². The molecule has 27 heavy (non-hydrogen) atoms. The molecule has 0 spiro atoms. The van der Waals surface area contributed by atoms with E-state index in [1.165, 1.54) is 24.3 Å². The van der Waals surface area contributed by atoms with Gasteiger partial charge in [0, 0.05) is 50.0 Å². The molecule has 1 aliphatic heterocycles. The first-order valence-electron chi connectivity index (χ1n) is 9.07. The molecular formula is C21H24FN3O2. The number of anilines is 2. The van der Waals surface area contributed by atoms with Gasteiger partial charge in [0.25, 0.3) is 5.91 Å². The van der Waals surface area contributed by atoms with E-state index in [1.807, 2.05) is 43.3 Å². The van der Waals surface area contributed by atoms with Crippen molar-refractivity contribution >= 4 is 23.2 Å². The number of rotatable bonds is 4. The zero-order valence-corrected chi connectivity index (χ0v) is 15.6. The molecule has 142 valence electrons. The van der Waals surface area contributed by atoms with Crippen LogP contribution >= 0.6 is 0 Å². The van der Waals surface area contributed by atoms with Crippen LogP contribution < -0.4 is 10.2 Å². The summed E-state index contributed by atoms with van der Waals surface area (Å²) in [6.45, 7) is 1.04. The molecule has 6 heteroatoms. The lowest BCUT2D eigenvalue weighted by atomic mass is 9.95. The summed E-state index contributed by atoms with van der Waals surface area (Å²) in [5, 5.41) is 2.96. The largest absolute Gasteiger partial charge is 0.378 e. The molecule has 2 amide bonds. The Kier molecular flexibility index (Phi) is 5.74. The number of carbonyl (C=O) groups is 2. The maximum Gasteiger partial charge on any atom is 0.253 e. The van der Waals surface area contributed by atoms with Crippen molar-refractivity contribution in [2.45, 2.75) is 12.8 Å². The summed E-state index contributed by atoms with van der Waals surface area (Å²) >= 11 is 0. The number of nitrogens with one attached hydrogen (secondary N) is 1. The van der Waals surface area contributed by atoms with E-state index in [9.17, 15) is 14.0 Å². The Hall–Kier alpha value is -2.89. The second-order valence-electron chi connectivity index (χ2n) is 7.00. The van der Waals surface area contributed by atoms with Gasteiger partial charge < -0.3 is 15.1 Å². The van der Waals surface area contributed by atoms with Crippen LogP contribution in [0.15, 0.2) is 48.5 Å². The predicted octanol–water partition coefficient (Wildman–Crippen LogP) is 3.38. The summed E-state index contributed by atoms with van der Waals surface area (Å²) in [6, 6.07) is 13.3. The number of likely N-dealkylation sites (tertiary alicyclic amines) is 1. The summed E-state index contributed by atoms with van der Waals surface area (Å²) < 4.78 is 13.0. The SMILES string of the molecule is CN(C)c1ccc(NC(=O)C2CCN(C(=O)c3ccc(F)cc3)CC2)cc1. The fourth-order valence-corrected chi connectivity index (χ4v) is 3.21. The topological polar surface area (TPSA) is 52.7 Å². The Labute approximate surface area is 158 Å². The second-order valence-corrected chi connectivity index (χ2v) is 7.00. The summed E-state index contributed by atoms with van der Waals surface area (Å²) in [4.78, 5) is 28.7. The van der Waals surface area contributed by atoms with Gasteiger partial charge in [-0.2, -0.15) is 0 Å². The van der Waals surface area contributed by atoms with E-state index in [4.69, 9.17) is 0 Å². The number of nitrogens with zero attached hydrogens (tertiary/aromatic N) is 2. The molecule has 0 aromatic heterocycles. The highest BCUT2D eigenvalue weighted by Gasteiger charge is 2.27. The Balaban J connectivity index is 1.53. The van der Waals surface area contributed by atoms with Gasteiger partial charge >= 0.3 is 0 Å². The average molecular weight is 369 g/mol. The normalized spacial score (nSPS) is 14.7. The molecule has 1 fully saturated rings. The Morgan fingerprint density at radius 1 is 1.00 bits per heavy atom. The molecule has 0 saturated carbocycles. The fourth-order valence-electron chi connectivity index (χ4n) is 3.21. The number of hydrogen-bond donors (Lipinski definition) is 1. The molecule has 3 rings (SSSR count). The Morgan fingerprint density at radius 2 is 1.59 bits per heavy atom. The van der Waals surface area contributed by atoms with E-state index in [2.05, 4.69) is 5.32 Å². The zero-order valence-electron chi connectivity index (χ0n) is 15.6. The highest BCUT2D eigenvalue weighted by atomic mass is 19.1. The van der Waals surface area contributed by atoms with Crippen molar-refractivity contribution in [2.24, 2.45) is 5.92 Å². The van der Waals surface area contributed by atoms with Crippen molar-refractivity contribution in [3.63, 3.8) is 0 Å². The predicted molar refractivity (Wildman–Crippen MR) is 104 cm³/mol. The van der Waals surface area contributed by atoms with Gasteiger partial charge in [0.05, 0.1) is 0 Å². The van der Waals surface area contributed by atoms with Crippen LogP contribution in [0.5, 0.6) is 0 Å². The quantitative estimate of drug-likeness (QED) is 0.899. The first-order chi connectivity index (χ1) is 12.9. The molecule has 5 nitrogen and oxygen atoms in total. The van der Waals surface area contributed by atoms with Crippen LogP contribution in [0.1, 0.15) is 23.2 Å². The summed E-state index contributed by atoms with van der Waals surface area (Å²) in [7, 11) is 3.93. The van der Waals surface area contributed by atoms with E-state index in [1.54, 1.807) is 4.90 Å². The molecule has 0 aliphatic carbocycles. The number of halogens is 1. The van der Waals surface area contributed by atoms with Crippen LogP contribution in [-0.4, -0.2) is 43.9 Å². The molecule has 1 saturated heterocycles. The first kappa shape index (κ1) is 18.9. The number of piperidine rings is 1. The highest BCUT2D eigenvalue weighted by Crippen LogP contribution is 2.22. The van der Waals surface area contributed by atoms with Gasteiger partial charge in [-0.15, -0.1) is 0 Å². The standard InChI is InChI=1S/C21H24FN3O2/c1-24(2)19-9-7-18(8-10-19)23-20(26)15-11-13-25(14-12-15)21(27)16-3-5-17(22)6-4-16/h3-10,15H,11-14H2,1-2H3,(H,23,26). The third-order valence-electron chi connectivity index (χ3n) is 4.90. The molecule has 0 unspecified atom stereocenters. The lowest BCUT2D eigenvalue weighted by molar-refractivity contribution is -0.121. The number of benzene rings is 2. The summed E-state index contributed by atoms with van der Waals surface area (Å²) in [6.07, 6.45) is 1.24. The first-order valence-corrected chi connectivity index (χ1v) is 9.07. The van der Waals surface area contributed by atoms with Crippen LogP contribution in [0.25, 0.3) is 0 Å². The van der Waals surface area contributed by atoms with Crippen molar-refractivity contribution in [3.8, 4) is 0 Å². The monoisotopic (exact) mass is 369 g/mol. The van der Waals surface area contributed by atoms with E-state index in [0.717, 1.165) is 11.4 Å². The molecule has 0 bridgehead atoms. The zero-order chi connectivity index (χ0) is 19.4. The molecule has 1 heterocycles. The molecule has 0 atom stereocenters. The molecule has 1 N–H and O–H groups in total. The lowest BCUT2D eigenvalue weighted by Crippen LogP contribution is -2.41. The molecule has 2 aromatic rings. The van der Waals surface area contributed by atoms with Crippen LogP contribution in [-0.2, 0) is 4.79 Å². The molecular weight excluding hydrogens is 345 g/mol. The minimum Gasteiger partial charge on any atom is -0.378 e. The third-order valence-corrected chi connectivity index (χ3v) is 4.90. The number of amides is 2. The van der Waals surface area contributed by atoms with Crippen LogP contribution in [0, 0.1) is 11.7 Å². The highest BCUT2D eigenvalue weighted by molar-refractivity contribution is 5.95. The van der Waals surface area contributed by atoms with E-state index < -0.39 is 0 Å². The maximum atomic E-state index is 13.0. The number of carbonyl (C=O) groups excluding carboxylic acids is 2.